The van der Waals surface area contributed by atoms with Gasteiger partial charge >= 0.3 is 0 Å². The van der Waals surface area contributed by atoms with Gasteiger partial charge in [-0.25, -0.2) is 4.39 Å². The van der Waals surface area contributed by atoms with Gasteiger partial charge in [-0.15, -0.1) is 0 Å². The summed E-state index contributed by atoms with van der Waals surface area (Å²) < 4.78 is 20.3. The number of hydrogen-bond donors (Lipinski definition) is 0. The first-order chi connectivity index (χ1) is 13.6. The maximum atomic E-state index is 14.4. The van der Waals surface area contributed by atoms with E-state index in [2.05, 4.69) is 55.5 Å². The molecular weight excluding hydrogens is 347 g/mol. The zero-order valence-corrected chi connectivity index (χ0v) is 17.6. The Balaban J connectivity index is 1.53. The van der Waals surface area contributed by atoms with Crippen LogP contribution >= 0.6 is 0 Å². The molecule has 0 heterocycles. The third-order valence-electron chi connectivity index (χ3n) is 6.35. The molecule has 2 aromatic carbocycles. The molecule has 0 aromatic heterocycles. The quantitative estimate of drug-likeness (QED) is 0.398. The van der Waals surface area contributed by atoms with Crippen LogP contribution in [0.3, 0.4) is 0 Å². The van der Waals surface area contributed by atoms with Crippen LogP contribution in [-0.2, 0) is 0 Å². The molecule has 3 rings (SSSR count). The molecule has 0 saturated heterocycles. The first-order valence-corrected chi connectivity index (χ1v) is 11.2. The van der Waals surface area contributed by atoms with Crippen molar-refractivity contribution in [2.45, 2.75) is 83.2 Å². The van der Waals surface area contributed by atoms with Gasteiger partial charge in [-0.1, -0.05) is 69.5 Å². The Hall–Kier alpha value is -1.83. The van der Waals surface area contributed by atoms with Gasteiger partial charge in [0.2, 0.25) is 0 Å². The highest BCUT2D eigenvalue weighted by molar-refractivity contribution is 5.64. The molecule has 0 amide bonds. The van der Waals surface area contributed by atoms with Gasteiger partial charge < -0.3 is 4.74 Å². The molecule has 0 N–H and O–H groups in total. The maximum Gasteiger partial charge on any atom is 0.119 e. The molecule has 2 heteroatoms. The topological polar surface area (TPSA) is 9.23 Å². The molecule has 1 aliphatic rings. The van der Waals surface area contributed by atoms with E-state index >= 15 is 0 Å². The fourth-order valence-corrected chi connectivity index (χ4v) is 4.23. The first kappa shape index (κ1) is 20.9. The number of rotatable bonds is 9. The van der Waals surface area contributed by atoms with Crippen molar-refractivity contribution in [3.05, 3.63) is 54.1 Å². The number of hydrogen-bond acceptors (Lipinski definition) is 1. The van der Waals surface area contributed by atoms with E-state index < -0.39 is 5.67 Å². The van der Waals surface area contributed by atoms with E-state index in [1.54, 1.807) is 0 Å². The van der Waals surface area contributed by atoms with Crippen molar-refractivity contribution in [2.75, 3.05) is 6.61 Å². The van der Waals surface area contributed by atoms with Crippen LogP contribution in [0.25, 0.3) is 11.1 Å². The Morgan fingerprint density at radius 2 is 1.46 bits per heavy atom. The van der Waals surface area contributed by atoms with Gasteiger partial charge in [0.25, 0.3) is 0 Å². The molecular formula is C26H35FO. The van der Waals surface area contributed by atoms with Crippen molar-refractivity contribution in [3.8, 4) is 16.9 Å². The largest absolute Gasteiger partial charge is 0.494 e. The van der Waals surface area contributed by atoms with Crippen LogP contribution < -0.4 is 4.74 Å². The van der Waals surface area contributed by atoms with Crippen LogP contribution in [0.2, 0.25) is 0 Å². The Morgan fingerprint density at radius 3 is 2.04 bits per heavy atom. The van der Waals surface area contributed by atoms with Gasteiger partial charge in [0.05, 0.1) is 6.61 Å². The molecule has 28 heavy (non-hydrogen) atoms. The van der Waals surface area contributed by atoms with Crippen molar-refractivity contribution in [3.63, 3.8) is 0 Å². The number of halogens is 1. The van der Waals surface area contributed by atoms with E-state index in [4.69, 9.17) is 4.74 Å². The van der Waals surface area contributed by atoms with Crippen LogP contribution in [0, 0.1) is 0 Å². The van der Waals surface area contributed by atoms with Crippen LogP contribution in [0.1, 0.15) is 83.1 Å². The molecule has 0 unspecified atom stereocenters. The van der Waals surface area contributed by atoms with Crippen molar-refractivity contribution in [1.82, 2.24) is 0 Å². The molecule has 1 nitrogen and oxygen atoms in total. The normalized spacial score (nSPS) is 22.2. The lowest BCUT2D eigenvalue weighted by atomic mass is 9.76. The smallest absolute Gasteiger partial charge is 0.119 e. The molecule has 0 spiro atoms. The summed E-state index contributed by atoms with van der Waals surface area (Å²) in [5.74, 6) is 1.46. The molecule has 0 bridgehead atoms. The lowest BCUT2D eigenvalue weighted by Gasteiger charge is -2.33. The number of alkyl halides is 1. The summed E-state index contributed by atoms with van der Waals surface area (Å²) in [4.78, 5) is 0. The predicted molar refractivity (Wildman–Crippen MR) is 117 cm³/mol. The van der Waals surface area contributed by atoms with Crippen LogP contribution in [0.4, 0.5) is 4.39 Å². The summed E-state index contributed by atoms with van der Waals surface area (Å²) in [7, 11) is 0. The highest BCUT2D eigenvalue weighted by Crippen LogP contribution is 2.42. The maximum absolute atomic E-state index is 14.4. The van der Waals surface area contributed by atoms with Crippen molar-refractivity contribution in [2.24, 2.45) is 0 Å². The Labute approximate surface area is 170 Å². The minimum atomic E-state index is -0.920. The summed E-state index contributed by atoms with van der Waals surface area (Å²) in [6.07, 6.45) is 8.90. The summed E-state index contributed by atoms with van der Waals surface area (Å²) in [6, 6.07) is 17.3. The highest BCUT2D eigenvalue weighted by atomic mass is 19.1. The monoisotopic (exact) mass is 382 g/mol. The minimum absolute atomic E-state index is 0.507. The van der Waals surface area contributed by atoms with Crippen LogP contribution in [-0.4, -0.2) is 12.3 Å². The Bertz CT molecular complexity index is 696. The second-order valence-electron chi connectivity index (χ2n) is 8.33. The van der Waals surface area contributed by atoms with E-state index in [9.17, 15) is 4.39 Å². The molecule has 0 aliphatic heterocycles. The number of benzene rings is 2. The second-order valence-corrected chi connectivity index (χ2v) is 8.33. The summed E-state index contributed by atoms with van der Waals surface area (Å²) in [6.45, 7) is 4.99. The van der Waals surface area contributed by atoms with E-state index in [1.807, 2.05) is 6.92 Å². The van der Waals surface area contributed by atoms with Crippen LogP contribution in [0.15, 0.2) is 48.5 Å². The zero-order chi connectivity index (χ0) is 19.8. The van der Waals surface area contributed by atoms with E-state index in [0.717, 1.165) is 31.6 Å². The Kier molecular flexibility index (Phi) is 7.53. The van der Waals surface area contributed by atoms with E-state index in [1.165, 1.54) is 36.0 Å². The predicted octanol–water partition coefficient (Wildman–Crippen LogP) is 8.09. The van der Waals surface area contributed by atoms with Crippen molar-refractivity contribution in [1.29, 1.82) is 0 Å². The summed E-state index contributed by atoms with van der Waals surface area (Å²) in [5.41, 5.74) is 2.87. The van der Waals surface area contributed by atoms with Crippen molar-refractivity contribution >= 4 is 0 Å². The SMILES string of the molecule is CCCCCCOc1ccc(-c2ccc(C3CCC(F)(CC)CC3)cc2)cc1. The summed E-state index contributed by atoms with van der Waals surface area (Å²) in [5, 5.41) is 0. The van der Waals surface area contributed by atoms with Gasteiger partial charge in [0.1, 0.15) is 11.4 Å². The highest BCUT2D eigenvalue weighted by Gasteiger charge is 2.33. The zero-order valence-electron chi connectivity index (χ0n) is 17.6. The fraction of sp³-hybridized carbons (Fsp3) is 0.538. The standard InChI is InChI=1S/C26H35FO/c1-3-5-6-7-20-28-25-14-12-23(13-15-25)21-8-10-22(11-9-21)24-16-18-26(27,4-2)19-17-24/h8-15,24H,3-7,16-20H2,1-2H3. The molecule has 0 radical (unpaired) electrons. The van der Waals surface area contributed by atoms with E-state index in [0.29, 0.717) is 25.2 Å². The third kappa shape index (κ3) is 5.59. The van der Waals surface area contributed by atoms with E-state index in [-0.39, 0.29) is 0 Å². The van der Waals surface area contributed by atoms with Crippen LogP contribution in [0.5, 0.6) is 5.75 Å². The molecule has 1 saturated carbocycles. The minimum Gasteiger partial charge on any atom is -0.494 e. The number of ether oxygens (including phenoxy) is 1. The molecule has 0 atom stereocenters. The molecule has 1 fully saturated rings. The van der Waals surface area contributed by atoms with Gasteiger partial charge in [0.15, 0.2) is 0 Å². The van der Waals surface area contributed by atoms with Gasteiger partial charge in [-0.3, -0.25) is 0 Å². The van der Waals surface area contributed by atoms with Crippen molar-refractivity contribution < 1.29 is 9.13 Å². The lowest BCUT2D eigenvalue weighted by Crippen LogP contribution is -2.27. The lowest BCUT2D eigenvalue weighted by molar-refractivity contribution is 0.0940. The average molecular weight is 383 g/mol. The summed E-state index contributed by atoms with van der Waals surface area (Å²) >= 11 is 0. The third-order valence-corrected chi connectivity index (χ3v) is 6.35. The molecule has 2 aromatic rings. The first-order valence-electron chi connectivity index (χ1n) is 11.2. The van der Waals surface area contributed by atoms with Gasteiger partial charge in [-0.2, -0.15) is 0 Å². The fourth-order valence-electron chi connectivity index (χ4n) is 4.23. The molecule has 152 valence electrons. The van der Waals surface area contributed by atoms with Gasteiger partial charge in [-0.05, 0) is 73.3 Å². The number of unbranched alkanes of at least 4 members (excludes halogenated alkanes) is 3. The Morgan fingerprint density at radius 1 is 0.857 bits per heavy atom. The van der Waals surface area contributed by atoms with Gasteiger partial charge in [0, 0.05) is 0 Å². The average Bonchev–Trinajstić information content (AvgIpc) is 2.75. The molecule has 1 aliphatic carbocycles. The second kappa shape index (κ2) is 10.1.